The van der Waals surface area contributed by atoms with Crippen LogP contribution in [0.15, 0.2) is 18.2 Å². The van der Waals surface area contributed by atoms with E-state index < -0.39 is 0 Å². The summed E-state index contributed by atoms with van der Waals surface area (Å²) >= 11 is 0. The fraction of sp³-hybridized carbons (Fsp3) is 0.579. The molecule has 136 valence electrons. The molecule has 0 bridgehead atoms. The van der Waals surface area contributed by atoms with Crippen LogP contribution in [0.2, 0.25) is 0 Å². The molecule has 0 spiro atoms. The average Bonchev–Trinajstić information content (AvgIpc) is 2.56. The van der Waals surface area contributed by atoms with E-state index in [-0.39, 0.29) is 23.9 Å². The van der Waals surface area contributed by atoms with Gasteiger partial charge in [-0.1, -0.05) is 19.1 Å². The van der Waals surface area contributed by atoms with Crippen LogP contribution < -0.4 is 5.73 Å². The van der Waals surface area contributed by atoms with E-state index >= 15 is 0 Å². The standard InChI is InChI=1S/C19H28N4O2/c1-4-21-9-8-16(21)19(25)23-11-10-22(12-14(23)3)18(24)15-7-5-6-13(2)17(15)20/h5-7,14,16H,4,8-12,20H2,1-3H3/t14-,16?/m1/s1. The first-order valence-electron chi connectivity index (χ1n) is 9.13. The van der Waals surface area contributed by atoms with E-state index in [1.165, 1.54) is 0 Å². The van der Waals surface area contributed by atoms with E-state index in [9.17, 15) is 9.59 Å². The molecule has 2 aliphatic heterocycles. The number of hydrogen-bond donors (Lipinski definition) is 1. The van der Waals surface area contributed by atoms with E-state index in [2.05, 4.69) is 11.8 Å². The predicted molar refractivity (Wildman–Crippen MR) is 98.3 cm³/mol. The number of nitrogen functional groups attached to an aromatic ring is 1. The molecule has 2 N–H and O–H groups in total. The highest BCUT2D eigenvalue weighted by atomic mass is 16.2. The third kappa shape index (κ3) is 3.23. The Morgan fingerprint density at radius 2 is 2.00 bits per heavy atom. The van der Waals surface area contributed by atoms with Crippen molar-refractivity contribution in [2.24, 2.45) is 0 Å². The molecular formula is C19H28N4O2. The van der Waals surface area contributed by atoms with Gasteiger partial charge in [0, 0.05) is 37.9 Å². The first-order chi connectivity index (χ1) is 11.9. The van der Waals surface area contributed by atoms with Crippen LogP contribution in [0.4, 0.5) is 5.69 Å². The Bertz CT molecular complexity index is 673. The number of para-hydroxylation sites is 1. The molecule has 6 heteroatoms. The van der Waals surface area contributed by atoms with Crippen LogP contribution in [-0.2, 0) is 4.79 Å². The third-order valence-corrected chi connectivity index (χ3v) is 5.57. The molecule has 2 saturated heterocycles. The Morgan fingerprint density at radius 3 is 2.60 bits per heavy atom. The number of nitrogens with two attached hydrogens (primary N) is 1. The molecule has 2 heterocycles. The molecular weight excluding hydrogens is 316 g/mol. The highest BCUT2D eigenvalue weighted by Crippen LogP contribution is 2.24. The van der Waals surface area contributed by atoms with Gasteiger partial charge in [0.05, 0.1) is 11.6 Å². The van der Waals surface area contributed by atoms with E-state index in [1.54, 1.807) is 6.07 Å². The minimum absolute atomic E-state index is 0.0236. The molecule has 1 aromatic rings. The maximum Gasteiger partial charge on any atom is 0.256 e. The number of aryl methyl sites for hydroxylation is 1. The molecule has 1 aromatic carbocycles. The lowest BCUT2D eigenvalue weighted by Crippen LogP contribution is -2.62. The number of anilines is 1. The normalized spacial score (nSPS) is 24.1. The zero-order valence-electron chi connectivity index (χ0n) is 15.4. The molecule has 25 heavy (non-hydrogen) atoms. The van der Waals surface area contributed by atoms with Crippen molar-refractivity contribution in [3.8, 4) is 0 Å². The molecule has 0 aliphatic carbocycles. The number of nitrogens with zero attached hydrogens (tertiary/aromatic N) is 3. The lowest BCUT2D eigenvalue weighted by Gasteiger charge is -2.46. The van der Waals surface area contributed by atoms with Gasteiger partial charge in [-0.05, 0) is 38.4 Å². The number of carbonyl (C=O) groups is 2. The van der Waals surface area contributed by atoms with Gasteiger partial charge >= 0.3 is 0 Å². The van der Waals surface area contributed by atoms with E-state index in [1.807, 2.05) is 35.8 Å². The SMILES string of the molecule is CCN1CCC1C(=O)N1CCN(C(=O)c2cccc(C)c2N)C[C@H]1C. The summed E-state index contributed by atoms with van der Waals surface area (Å²) in [5, 5.41) is 0. The van der Waals surface area contributed by atoms with Crippen LogP contribution in [0.25, 0.3) is 0 Å². The lowest BCUT2D eigenvalue weighted by molar-refractivity contribution is -0.145. The van der Waals surface area contributed by atoms with Crippen molar-refractivity contribution in [3.05, 3.63) is 29.3 Å². The summed E-state index contributed by atoms with van der Waals surface area (Å²) in [5.74, 6) is 0.168. The molecule has 6 nitrogen and oxygen atoms in total. The Balaban J connectivity index is 1.66. The largest absolute Gasteiger partial charge is 0.398 e. The van der Waals surface area contributed by atoms with Crippen molar-refractivity contribution in [2.75, 3.05) is 38.5 Å². The zero-order valence-corrected chi connectivity index (χ0v) is 15.4. The summed E-state index contributed by atoms with van der Waals surface area (Å²) in [4.78, 5) is 31.6. The third-order valence-electron chi connectivity index (χ3n) is 5.57. The number of likely N-dealkylation sites (N-methyl/N-ethyl adjacent to an activating group) is 1. The van der Waals surface area contributed by atoms with E-state index in [0.29, 0.717) is 30.9 Å². The van der Waals surface area contributed by atoms with Crippen LogP contribution in [-0.4, -0.2) is 71.3 Å². The second-order valence-corrected chi connectivity index (χ2v) is 7.10. The fourth-order valence-electron chi connectivity index (χ4n) is 3.80. The number of carbonyl (C=O) groups excluding carboxylic acids is 2. The second-order valence-electron chi connectivity index (χ2n) is 7.10. The molecule has 0 saturated carbocycles. The maximum atomic E-state index is 12.8. The van der Waals surface area contributed by atoms with Crippen LogP contribution >= 0.6 is 0 Å². The van der Waals surface area contributed by atoms with Gasteiger partial charge in [-0.2, -0.15) is 0 Å². The quantitative estimate of drug-likeness (QED) is 0.840. The molecule has 2 atom stereocenters. The summed E-state index contributed by atoms with van der Waals surface area (Å²) in [7, 11) is 0. The zero-order chi connectivity index (χ0) is 18.1. The first-order valence-corrected chi connectivity index (χ1v) is 9.13. The van der Waals surface area contributed by atoms with E-state index in [4.69, 9.17) is 5.73 Å². The van der Waals surface area contributed by atoms with Gasteiger partial charge in [0.2, 0.25) is 5.91 Å². The van der Waals surface area contributed by atoms with Gasteiger partial charge in [0.1, 0.15) is 0 Å². The summed E-state index contributed by atoms with van der Waals surface area (Å²) in [6.45, 7) is 9.63. The molecule has 0 radical (unpaired) electrons. The Hall–Kier alpha value is -2.08. The van der Waals surface area contributed by atoms with Crippen LogP contribution in [0.1, 0.15) is 36.2 Å². The van der Waals surface area contributed by atoms with Crippen molar-refractivity contribution in [1.29, 1.82) is 0 Å². The van der Waals surface area contributed by atoms with Crippen LogP contribution in [0.3, 0.4) is 0 Å². The minimum Gasteiger partial charge on any atom is -0.398 e. The number of rotatable bonds is 3. The monoisotopic (exact) mass is 344 g/mol. The maximum absolute atomic E-state index is 12.8. The van der Waals surface area contributed by atoms with Gasteiger partial charge < -0.3 is 15.5 Å². The molecule has 0 aromatic heterocycles. The Labute approximate surface area is 149 Å². The number of benzene rings is 1. The minimum atomic E-state index is -0.0426. The van der Waals surface area contributed by atoms with Crippen molar-refractivity contribution < 1.29 is 9.59 Å². The second kappa shape index (κ2) is 7.04. The van der Waals surface area contributed by atoms with Gasteiger partial charge in [-0.3, -0.25) is 14.5 Å². The molecule has 2 amide bonds. The van der Waals surface area contributed by atoms with Gasteiger partial charge in [0.25, 0.3) is 5.91 Å². The smallest absolute Gasteiger partial charge is 0.256 e. The Morgan fingerprint density at radius 1 is 1.24 bits per heavy atom. The first kappa shape index (κ1) is 17.7. The van der Waals surface area contributed by atoms with Gasteiger partial charge in [-0.25, -0.2) is 0 Å². The van der Waals surface area contributed by atoms with Crippen molar-refractivity contribution in [3.63, 3.8) is 0 Å². The highest BCUT2D eigenvalue weighted by Gasteiger charge is 2.39. The van der Waals surface area contributed by atoms with Crippen LogP contribution in [0, 0.1) is 6.92 Å². The van der Waals surface area contributed by atoms with Gasteiger partial charge in [0.15, 0.2) is 0 Å². The number of piperazine rings is 1. The van der Waals surface area contributed by atoms with Crippen molar-refractivity contribution >= 4 is 17.5 Å². The molecule has 2 aliphatic rings. The number of likely N-dealkylation sites (tertiary alicyclic amines) is 1. The van der Waals surface area contributed by atoms with Crippen LogP contribution in [0.5, 0.6) is 0 Å². The highest BCUT2D eigenvalue weighted by molar-refractivity contribution is 6.00. The fourth-order valence-corrected chi connectivity index (χ4v) is 3.80. The molecule has 1 unspecified atom stereocenters. The summed E-state index contributed by atoms with van der Waals surface area (Å²) < 4.78 is 0. The number of hydrogen-bond acceptors (Lipinski definition) is 4. The Kier molecular flexibility index (Phi) is 4.99. The average molecular weight is 344 g/mol. The summed E-state index contributed by atoms with van der Waals surface area (Å²) in [6.07, 6.45) is 0.943. The van der Waals surface area contributed by atoms with Crippen molar-refractivity contribution in [1.82, 2.24) is 14.7 Å². The lowest BCUT2D eigenvalue weighted by atomic mass is 10.00. The topological polar surface area (TPSA) is 69.9 Å². The van der Waals surface area contributed by atoms with E-state index in [0.717, 1.165) is 25.1 Å². The number of amides is 2. The molecule has 3 rings (SSSR count). The predicted octanol–water partition coefficient (Wildman–Crippen LogP) is 1.34. The summed E-state index contributed by atoms with van der Waals surface area (Å²) in [5.41, 5.74) is 8.10. The van der Waals surface area contributed by atoms with Gasteiger partial charge in [-0.15, -0.1) is 0 Å². The summed E-state index contributed by atoms with van der Waals surface area (Å²) in [6, 6.07) is 5.60. The van der Waals surface area contributed by atoms with Crippen molar-refractivity contribution in [2.45, 2.75) is 39.3 Å². The molecule has 2 fully saturated rings.